The molecule has 0 bridgehead atoms. The van der Waals surface area contributed by atoms with Gasteiger partial charge in [0.25, 0.3) is 5.91 Å². The zero-order valence-corrected chi connectivity index (χ0v) is 28.0. The highest BCUT2D eigenvalue weighted by atomic mass is 19.4. The molecule has 4 heterocycles. The Balaban J connectivity index is 1.08. The molecule has 0 unspecified atom stereocenters. The van der Waals surface area contributed by atoms with Gasteiger partial charge in [-0.1, -0.05) is 36.4 Å². The number of amides is 4. The molecule has 266 valence electrons. The van der Waals surface area contributed by atoms with Gasteiger partial charge in [-0.15, -0.1) is 0 Å². The van der Waals surface area contributed by atoms with Gasteiger partial charge in [-0.3, -0.25) is 4.79 Å². The molecule has 2 N–H and O–H groups in total. The first-order chi connectivity index (χ1) is 23.4. The minimum Gasteiger partial charge on any atom is -0.436 e. The van der Waals surface area contributed by atoms with E-state index in [0.29, 0.717) is 64.8 Å². The van der Waals surface area contributed by atoms with Crippen LogP contribution in [0, 0.1) is 0 Å². The van der Waals surface area contributed by atoms with Crippen molar-refractivity contribution in [3.8, 4) is 0 Å². The molecule has 49 heavy (non-hydrogen) atoms. The van der Waals surface area contributed by atoms with Crippen molar-refractivity contribution in [3.63, 3.8) is 0 Å². The summed E-state index contributed by atoms with van der Waals surface area (Å²) in [5, 5.41) is 13.3. The van der Waals surface area contributed by atoms with Gasteiger partial charge in [0.1, 0.15) is 0 Å². The molecule has 4 amide bonds. The molecule has 2 aromatic carbocycles. The van der Waals surface area contributed by atoms with Crippen molar-refractivity contribution in [2.75, 3.05) is 51.1 Å². The lowest BCUT2D eigenvalue weighted by atomic mass is 9.91. The van der Waals surface area contributed by atoms with Crippen LogP contribution in [0.1, 0.15) is 62.1 Å². The average Bonchev–Trinajstić information content (AvgIpc) is 3.25. The number of ether oxygens (including phenoxy) is 1. The summed E-state index contributed by atoms with van der Waals surface area (Å²) in [5.41, 5.74) is 0.643. The topological polar surface area (TPSA) is 106 Å². The minimum absolute atomic E-state index is 0.0757. The Morgan fingerprint density at radius 1 is 0.918 bits per heavy atom. The van der Waals surface area contributed by atoms with E-state index in [1.54, 1.807) is 4.90 Å². The first-order valence-electron chi connectivity index (χ1n) is 17.4. The molecule has 6 rings (SSSR count). The maximum absolute atomic E-state index is 13.9. The van der Waals surface area contributed by atoms with Gasteiger partial charge < -0.3 is 34.8 Å². The smallest absolute Gasteiger partial charge is 0.416 e. The molecule has 0 aliphatic carbocycles. The first-order valence-corrected chi connectivity index (χ1v) is 17.4. The predicted octanol–water partition coefficient (Wildman–Crippen LogP) is 5.15. The van der Waals surface area contributed by atoms with E-state index in [1.807, 2.05) is 36.1 Å². The number of halogens is 3. The quantitative estimate of drug-likeness (QED) is 0.436. The van der Waals surface area contributed by atoms with Gasteiger partial charge >= 0.3 is 18.3 Å². The van der Waals surface area contributed by atoms with Crippen LogP contribution in [0.4, 0.5) is 28.4 Å². The number of carbonyl (C=O) groups excluding carboxylic acids is 3. The molecule has 3 saturated heterocycles. The molecule has 0 spiro atoms. The molecule has 13 heteroatoms. The van der Waals surface area contributed by atoms with Crippen LogP contribution < -0.4 is 5.32 Å². The Bertz CT molecular complexity index is 1490. The number of piperidine rings is 3. The highest BCUT2D eigenvalue weighted by Crippen LogP contribution is 2.31. The second kappa shape index (κ2) is 14.6. The van der Waals surface area contributed by atoms with Crippen LogP contribution in [-0.2, 0) is 28.5 Å². The van der Waals surface area contributed by atoms with Gasteiger partial charge in [-0.05, 0) is 75.1 Å². The highest BCUT2D eigenvalue weighted by molar-refractivity contribution is 5.91. The number of nitrogens with zero attached hydrogens (tertiary/aromatic N) is 4. The molecule has 0 saturated carbocycles. The number of fused-ring (bicyclic) bond motifs is 1. The van der Waals surface area contributed by atoms with Gasteiger partial charge in [0, 0.05) is 70.0 Å². The van der Waals surface area contributed by atoms with E-state index in [-0.39, 0.29) is 30.1 Å². The van der Waals surface area contributed by atoms with Gasteiger partial charge in [0.2, 0.25) is 0 Å². The number of urea groups is 1. The van der Waals surface area contributed by atoms with E-state index >= 15 is 0 Å². The summed E-state index contributed by atoms with van der Waals surface area (Å²) in [6.45, 7) is 5.51. The fraction of sp³-hybridized carbons (Fsp3) is 0.583. The maximum atomic E-state index is 13.9. The molecule has 4 aliphatic rings. The van der Waals surface area contributed by atoms with Crippen molar-refractivity contribution in [1.29, 1.82) is 0 Å². The lowest BCUT2D eigenvalue weighted by molar-refractivity contribution is -0.142. The number of nitrogens with one attached hydrogen (secondary N) is 1. The Morgan fingerprint density at radius 3 is 2.27 bits per heavy atom. The lowest BCUT2D eigenvalue weighted by Crippen LogP contribution is -2.54. The highest BCUT2D eigenvalue weighted by Gasteiger charge is 2.38. The van der Waals surface area contributed by atoms with Crippen molar-refractivity contribution >= 4 is 23.7 Å². The van der Waals surface area contributed by atoms with E-state index in [9.17, 15) is 32.7 Å². The lowest BCUT2D eigenvalue weighted by Gasteiger charge is -2.43. The molecule has 0 radical (unpaired) electrons. The van der Waals surface area contributed by atoms with Gasteiger partial charge in [0.05, 0.1) is 11.2 Å². The number of aliphatic hydroxyl groups is 1. The number of hydrogen-bond acceptors (Lipinski definition) is 6. The molecule has 10 nitrogen and oxygen atoms in total. The van der Waals surface area contributed by atoms with Crippen molar-refractivity contribution in [3.05, 3.63) is 65.2 Å². The van der Waals surface area contributed by atoms with E-state index in [1.165, 1.54) is 17.0 Å². The SMILES string of the molecule is CC1(O)CCN(C2CCN(C(=O)[C@@H](Cc3cccc(C(F)(F)F)c3)OC(=O)N3CCC(N4CCc5ccccc5NC4=O)CC3)CC2)CC1. The molecule has 1 atom stereocenters. The van der Waals surface area contributed by atoms with Crippen molar-refractivity contribution < 1.29 is 37.4 Å². The number of para-hydroxylation sites is 1. The largest absolute Gasteiger partial charge is 0.436 e. The fourth-order valence-corrected chi connectivity index (χ4v) is 7.59. The van der Waals surface area contributed by atoms with Gasteiger partial charge in [-0.25, -0.2) is 9.59 Å². The second-order valence-corrected chi connectivity index (χ2v) is 14.1. The van der Waals surface area contributed by atoms with Crippen LogP contribution >= 0.6 is 0 Å². The second-order valence-electron chi connectivity index (χ2n) is 14.1. The fourth-order valence-electron chi connectivity index (χ4n) is 7.59. The van der Waals surface area contributed by atoms with Gasteiger partial charge in [0.15, 0.2) is 6.10 Å². The summed E-state index contributed by atoms with van der Waals surface area (Å²) >= 11 is 0. The summed E-state index contributed by atoms with van der Waals surface area (Å²) in [4.78, 5) is 47.8. The summed E-state index contributed by atoms with van der Waals surface area (Å²) < 4.78 is 46.4. The zero-order chi connectivity index (χ0) is 34.8. The van der Waals surface area contributed by atoms with Crippen molar-refractivity contribution in [2.45, 2.75) is 88.3 Å². The summed E-state index contributed by atoms with van der Waals surface area (Å²) in [6, 6.07) is 12.5. The number of benzene rings is 2. The summed E-state index contributed by atoms with van der Waals surface area (Å²) in [5.74, 6) is -0.415. The molecule has 3 fully saturated rings. The van der Waals surface area contributed by atoms with Crippen LogP contribution in [0.5, 0.6) is 0 Å². The molecule has 2 aromatic rings. The van der Waals surface area contributed by atoms with Crippen LogP contribution in [0.25, 0.3) is 0 Å². The zero-order valence-electron chi connectivity index (χ0n) is 28.0. The third-order valence-corrected chi connectivity index (χ3v) is 10.7. The van der Waals surface area contributed by atoms with E-state index < -0.39 is 35.4 Å². The van der Waals surface area contributed by atoms with E-state index in [0.717, 1.165) is 49.3 Å². The Labute approximate surface area is 285 Å². The predicted molar refractivity (Wildman–Crippen MR) is 177 cm³/mol. The standard InChI is InChI=1S/C36H46F3N5O5/c1-35(48)14-21-41(22-15-35)28-10-16-42(17-11-28)32(45)31(24-25-5-4-7-27(23-25)36(37,38)39)49-34(47)43-18-12-29(13-19-43)44-20-9-26-6-2-3-8-30(26)40-33(44)46/h2-8,23,28-29,31,48H,9-22,24H2,1H3,(H,40,46)/t31-/m1/s1. The molecule has 0 aromatic heterocycles. The van der Waals surface area contributed by atoms with Crippen molar-refractivity contribution in [1.82, 2.24) is 19.6 Å². The first kappa shape index (κ1) is 35.0. The number of rotatable bonds is 6. The van der Waals surface area contributed by atoms with Crippen LogP contribution in [0.2, 0.25) is 0 Å². The maximum Gasteiger partial charge on any atom is 0.416 e. The monoisotopic (exact) mass is 685 g/mol. The Kier molecular flexibility index (Phi) is 10.4. The van der Waals surface area contributed by atoms with Crippen LogP contribution in [-0.4, -0.2) is 112 Å². The molecular weight excluding hydrogens is 639 g/mol. The van der Waals surface area contributed by atoms with E-state index in [2.05, 4.69) is 10.2 Å². The number of likely N-dealkylation sites (tertiary alicyclic amines) is 3. The Hall–Kier alpha value is -3.84. The molecule has 4 aliphatic heterocycles. The Morgan fingerprint density at radius 2 is 1.57 bits per heavy atom. The van der Waals surface area contributed by atoms with Crippen LogP contribution in [0.15, 0.2) is 48.5 Å². The van der Waals surface area contributed by atoms with Gasteiger partial charge in [-0.2, -0.15) is 13.2 Å². The minimum atomic E-state index is -4.55. The number of carbonyl (C=O) groups is 3. The number of hydrogen-bond donors (Lipinski definition) is 2. The average molecular weight is 686 g/mol. The van der Waals surface area contributed by atoms with E-state index in [4.69, 9.17) is 4.74 Å². The summed E-state index contributed by atoms with van der Waals surface area (Å²) in [6.07, 6.45) is -2.09. The number of anilines is 1. The normalized spacial score (nSPS) is 21.8. The third-order valence-electron chi connectivity index (χ3n) is 10.7. The molecular formula is C36H46F3N5O5. The van der Waals surface area contributed by atoms with Crippen LogP contribution in [0.3, 0.4) is 0 Å². The third kappa shape index (κ3) is 8.49. The van der Waals surface area contributed by atoms with Crippen molar-refractivity contribution in [2.24, 2.45) is 0 Å². The summed E-state index contributed by atoms with van der Waals surface area (Å²) in [7, 11) is 0. The number of alkyl halides is 3.